The number of nitrogens with one attached hydrogen (secondary N) is 2. The first-order valence-corrected chi connectivity index (χ1v) is 6.77. The van der Waals surface area contributed by atoms with Crippen LogP contribution in [0.15, 0.2) is 17.2 Å². The molecule has 0 bridgehead atoms. The topological polar surface area (TPSA) is 71.2 Å². The van der Waals surface area contributed by atoms with Gasteiger partial charge in [0.05, 0.1) is 16.9 Å². The number of aromatic amines is 1. The van der Waals surface area contributed by atoms with Crippen LogP contribution in [-0.4, -0.2) is 33.2 Å². The lowest BCUT2D eigenvalue weighted by molar-refractivity contribution is 0.122. The summed E-state index contributed by atoms with van der Waals surface area (Å²) in [5.74, 6) is 0.254. The van der Waals surface area contributed by atoms with Crippen LogP contribution in [0.4, 0.5) is 0 Å². The highest BCUT2D eigenvalue weighted by Gasteiger charge is 2.16. The summed E-state index contributed by atoms with van der Waals surface area (Å²) in [5, 5.41) is 0. The Morgan fingerprint density at radius 3 is 2.81 bits per heavy atom. The van der Waals surface area contributed by atoms with Crippen molar-refractivity contribution in [2.24, 2.45) is 0 Å². The number of sulfonamides is 1. The van der Waals surface area contributed by atoms with Crippen molar-refractivity contribution in [2.45, 2.75) is 23.8 Å². The van der Waals surface area contributed by atoms with Crippen LogP contribution < -0.4 is 4.72 Å². The van der Waals surface area contributed by atoms with Crippen molar-refractivity contribution in [3.05, 3.63) is 18.0 Å². The molecule has 0 amide bonds. The molecular formula is C9H15ClN2O3S. The highest BCUT2D eigenvalue weighted by molar-refractivity contribution is 7.89. The number of halogens is 1. The van der Waals surface area contributed by atoms with Crippen molar-refractivity contribution < 1.29 is 13.2 Å². The maximum atomic E-state index is 11.8. The predicted octanol–water partition coefficient (Wildman–Crippen LogP) is 1.07. The maximum absolute atomic E-state index is 11.8. The SMILES string of the molecule is COC(C)CNS(=O)(=O)c1c[nH]c(CCl)c1. The average molecular weight is 267 g/mol. The van der Waals surface area contributed by atoms with Gasteiger partial charge in [-0.2, -0.15) is 0 Å². The van der Waals surface area contributed by atoms with Gasteiger partial charge in [-0.3, -0.25) is 0 Å². The van der Waals surface area contributed by atoms with E-state index in [9.17, 15) is 8.42 Å². The molecule has 1 unspecified atom stereocenters. The van der Waals surface area contributed by atoms with Gasteiger partial charge in [0.1, 0.15) is 0 Å². The zero-order chi connectivity index (χ0) is 12.2. The number of aromatic nitrogens is 1. The Balaban J connectivity index is 2.70. The number of rotatable bonds is 6. The molecule has 1 rings (SSSR count). The highest BCUT2D eigenvalue weighted by Crippen LogP contribution is 2.11. The third-order valence-corrected chi connectivity index (χ3v) is 3.82. The minimum absolute atomic E-state index is 0.166. The number of hydrogen-bond acceptors (Lipinski definition) is 3. The summed E-state index contributed by atoms with van der Waals surface area (Å²) >= 11 is 5.57. The van der Waals surface area contributed by atoms with Gasteiger partial charge in [0.2, 0.25) is 10.0 Å². The number of alkyl halides is 1. The Bertz CT molecular complexity index is 430. The maximum Gasteiger partial charge on any atom is 0.242 e. The van der Waals surface area contributed by atoms with Crippen LogP contribution in [0, 0.1) is 0 Å². The van der Waals surface area contributed by atoms with Crippen LogP contribution >= 0.6 is 11.6 Å². The van der Waals surface area contributed by atoms with E-state index in [4.69, 9.17) is 16.3 Å². The first-order valence-electron chi connectivity index (χ1n) is 4.75. The Hall–Kier alpha value is -0.560. The third-order valence-electron chi connectivity index (χ3n) is 2.13. The minimum atomic E-state index is -3.47. The molecule has 1 aromatic rings. The van der Waals surface area contributed by atoms with Crippen molar-refractivity contribution in [1.29, 1.82) is 0 Å². The lowest BCUT2D eigenvalue weighted by Gasteiger charge is -2.10. The van der Waals surface area contributed by atoms with Crippen LogP contribution in [-0.2, 0) is 20.6 Å². The molecule has 2 N–H and O–H groups in total. The summed E-state index contributed by atoms with van der Waals surface area (Å²) in [6, 6.07) is 1.51. The third kappa shape index (κ3) is 3.48. The van der Waals surface area contributed by atoms with Gasteiger partial charge in [0, 0.05) is 25.5 Å². The van der Waals surface area contributed by atoms with Crippen LogP contribution in [0.2, 0.25) is 0 Å². The quantitative estimate of drug-likeness (QED) is 0.757. The average Bonchev–Trinajstić information content (AvgIpc) is 2.75. The molecule has 0 radical (unpaired) electrons. The van der Waals surface area contributed by atoms with E-state index >= 15 is 0 Å². The first kappa shape index (κ1) is 13.5. The standard InChI is InChI=1S/C9H15ClN2O3S/c1-7(15-2)5-12-16(13,14)9-3-8(4-10)11-6-9/h3,6-7,11-12H,4-5H2,1-2H3. The zero-order valence-corrected chi connectivity index (χ0v) is 10.7. The van der Waals surface area contributed by atoms with Crippen molar-refractivity contribution in [1.82, 2.24) is 9.71 Å². The van der Waals surface area contributed by atoms with Crippen LogP contribution in [0.25, 0.3) is 0 Å². The summed E-state index contributed by atoms with van der Waals surface area (Å²) in [4.78, 5) is 2.97. The van der Waals surface area contributed by atoms with Gasteiger partial charge in [-0.1, -0.05) is 0 Å². The molecule has 92 valence electrons. The van der Waals surface area contributed by atoms with Gasteiger partial charge in [-0.15, -0.1) is 11.6 Å². The van der Waals surface area contributed by atoms with Gasteiger partial charge in [-0.25, -0.2) is 13.1 Å². The monoisotopic (exact) mass is 266 g/mol. The molecule has 0 saturated heterocycles. The van der Waals surface area contributed by atoms with Crippen molar-refractivity contribution in [2.75, 3.05) is 13.7 Å². The second-order valence-electron chi connectivity index (χ2n) is 3.39. The summed E-state index contributed by atoms with van der Waals surface area (Å²) in [6.07, 6.45) is 1.25. The van der Waals surface area contributed by atoms with Gasteiger partial charge >= 0.3 is 0 Å². The molecule has 0 saturated carbocycles. The molecule has 1 aromatic heterocycles. The van der Waals surface area contributed by atoms with E-state index in [1.807, 2.05) is 0 Å². The lowest BCUT2D eigenvalue weighted by atomic mass is 10.4. The van der Waals surface area contributed by atoms with Gasteiger partial charge < -0.3 is 9.72 Å². The number of ether oxygens (including phenoxy) is 1. The fourth-order valence-electron chi connectivity index (χ4n) is 1.04. The van der Waals surface area contributed by atoms with Gasteiger partial charge in [0.25, 0.3) is 0 Å². The van der Waals surface area contributed by atoms with E-state index < -0.39 is 10.0 Å². The van der Waals surface area contributed by atoms with E-state index in [1.165, 1.54) is 19.4 Å². The summed E-state index contributed by atoms with van der Waals surface area (Å²) in [7, 11) is -1.95. The second kappa shape index (κ2) is 5.67. The van der Waals surface area contributed by atoms with Crippen molar-refractivity contribution in [3.8, 4) is 0 Å². The van der Waals surface area contributed by atoms with Gasteiger partial charge in [-0.05, 0) is 13.0 Å². The molecule has 0 aromatic carbocycles. The van der Waals surface area contributed by atoms with E-state index in [2.05, 4.69) is 9.71 Å². The van der Waals surface area contributed by atoms with E-state index in [0.717, 1.165) is 0 Å². The number of methoxy groups -OCH3 is 1. The number of H-pyrrole nitrogens is 1. The lowest BCUT2D eigenvalue weighted by Crippen LogP contribution is -2.31. The molecule has 0 aliphatic carbocycles. The molecule has 1 atom stereocenters. The molecule has 1 heterocycles. The van der Waals surface area contributed by atoms with E-state index in [-0.39, 0.29) is 23.4 Å². The summed E-state index contributed by atoms with van der Waals surface area (Å²) < 4.78 is 30.9. The molecular weight excluding hydrogens is 252 g/mol. The normalized spacial score (nSPS) is 13.9. The zero-order valence-electron chi connectivity index (χ0n) is 9.16. The van der Waals surface area contributed by atoms with Crippen molar-refractivity contribution in [3.63, 3.8) is 0 Å². The Morgan fingerprint density at radius 1 is 1.62 bits per heavy atom. The largest absolute Gasteiger partial charge is 0.380 e. The molecule has 0 spiro atoms. The Morgan fingerprint density at radius 2 is 2.31 bits per heavy atom. The van der Waals surface area contributed by atoms with Crippen LogP contribution in [0.1, 0.15) is 12.6 Å². The predicted molar refractivity (Wildman–Crippen MR) is 62.0 cm³/mol. The smallest absolute Gasteiger partial charge is 0.242 e. The summed E-state index contributed by atoms with van der Waals surface area (Å²) in [5.41, 5.74) is 0.668. The molecule has 5 nitrogen and oxygen atoms in total. The van der Waals surface area contributed by atoms with Crippen molar-refractivity contribution >= 4 is 21.6 Å². The van der Waals surface area contributed by atoms with E-state index in [0.29, 0.717) is 5.69 Å². The molecule has 0 aliphatic heterocycles. The Labute approximate surface area is 100 Å². The Kier molecular flexibility index (Phi) is 4.79. The molecule has 0 aliphatic rings. The van der Waals surface area contributed by atoms with Crippen LogP contribution in [0.5, 0.6) is 0 Å². The fourth-order valence-corrected chi connectivity index (χ4v) is 2.33. The van der Waals surface area contributed by atoms with Gasteiger partial charge in [0.15, 0.2) is 0 Å². The fraction of sp³-hybridized carbons (Fsp3) is 0.556. The molecule has 0 fully saturated rings. The summed E-state index contributed by atoms with van der Waals surface area (Å²) in [6.45, 7) is 2.02. The molecule has 16 heavy (non-hydrogen) atoms. The first-order chi connectivity index (χ1) is 7.49. The van der Waals surface area contributed by atoms with Crippen LogP contribution in [0.3, 0.4) is 0 Å². The number of hydrogen-bond donors (Lipinski definition) is 2. The van der Waals surface area contributed by atoms with E-state index in [1.54, 1.807) is 6.92 Å². The minimum Gasteiger partial charge on any atom is -0.380 e. The molecule has 7 heteroatoms. The highest BCUT2D eigenvalue weighted by atomic mass is 35.5. The second-order valence-corrected chi connectivity index (χ2v) is 5.43.